The lowest BCUT2D eigenvalue weighted by atomic mass is 10.0. The number of hydrogen-bond acceptors (Lipinski definition) is 0. The lowest BCUT2D eigenvalue weighted by Gasteiger charge is -2.03. The number of hydrogen-bond donors (Lipinski definition) is 0. The van der Waals surface area contributed by atoms with Gasteiger partial charge in [0.2, 0.25) is 0 Å². The Hall–Kier alpha value is -0.560. The minimum atomic E-state index is 1.17. The summed E-state index contributed by atoms with van der Waals surface area (Å²) in [4.78, 5) is 0. The molecule has 0 nitrogen and oxygen atoms in total. The predicted octanol–water partition coefficient (Wildman–Crippen LogP) is 6.69. The molecule has 106 valence electrons. The number of halogens is 1. The van der Waals surface area contributed by atoms with Crippen molar-refractivity contribution >= 4 is 15.9 Å². The largest absolute Gasteiger partial charge is 0.103 e. The Balaban J connectivity index is 1.88. The van der Waals surface area contributed by atoms with Crippen LogP contribution in [0.15, 0.2) is 41.4 Å². The van der Waals surface area contributed by atoms with E-state index in [0.29, 0.717) is 0 Å². The third-order valence-electron chi connectivity index (χ3n) is 3.54. The summed E-state index contributed by atoms with van der Waals surface area (Å²) >= 11 is 3.47. The van der Waals surface area contributed by atoms with Crippen molar-refractivity contribution in [3.05, 3.63) is 47.0 Å². The molecular formula is C18H27Br. The van der Waals surface area contributed by atoms with E-state index in [9.17, 15) is 0 Å². The van der Waals surface area contributed by atoms with Crippen LogP contribution in [0.5, 0.6) is 0 Å². The van der Waals surface area contributed by atoms with Gasteiger partial charge in [-0.05, 0) is 43.4 Å². The first-order valence-electron chi connectivity index (χ1n) is 7.68. The van der Waals surface area contributed by atoms with E-state index in [4.69, 9.17) is 0 Å². The normalized spacial score (nSPS) is 10.6. The second-order valence-corrected chi connectivity index (χ2v) is 6.20. The van der Waals surface area contributed by atoms with Crippen molar-refractivity contribution in [1.82, 2.24) is 0 Å². The monoisotopic (exact) mass is 322 g/mol. The molecule has 0 saturated carbocycles. The number of unbranched alkanes of at least 4 members (excludes halogenated alkanes) is 8. The lowest BCUT2D eigenvalue weighted by molar-refractivity contribution is 0.569. The molecule has 0 fully saturated rings. The molecule has 1 rings (SSSR count). The van der Waals surface area contributed by atoms with E-state index in [-0.39, 0.29) is 0 Å². The maximum absolute atomic E-state index is 3.76. The molecule has 0 heterocycles. The van der Waals surface area contributed by atoms with E-state index < -0.39 is 0 Å². The van der Waals surface area contributed by atoms with Gasteiger partial charge in [0.1, 0.15) is 0 Å². The molecule has 1 aromatic rings. The third-order valence-corrected chi connectivity index (χ3v) is 4.07. The van der Waals surface area contributed by atoms with Crippen LogP contribution in [0.1, 0.15) is 63.4 Å². The molecule has 0 atom stereocenters. The fourth-order valence-electron chi connectivity index (χ4n) is 2.33. The summed E-state index contributed by atoms with van der Waals surface area (Å²) in [5, 5.41) is 0. The molecule has 1 heteroatoms. The quantitative estimate of drug-likeness (QED) is 0.314. The highest BCUT2D eigenvalue weighted by Gasteiger charge is 1.95. The molecule has 0 amide bonds. The highest BCUT2D eigenvalue weighted by atomic mass is 79.9. The fourth-order valence-corrected chi connectivity index (χ4v) is 2.59. The van der Waals surface area contributed by atoms with Crippen molar-refractivity contribution in [2.45, 2.75) is 64.2 Å². The molecule has 0 spiro atoms. The van der Waals surface area contributed by atoms with Crippen molar-refractivity contribution in [1.29, 1.82) is 0 Å². The first-order chi connectivity index (χ1) is 9.33. The van der Waals surface area contributed by atoms with Crippen molar-refractivity contribution in [3.63, 3.8) is 0 Å². The highest BCUT2D eigenvalue weighted by molar-refractivity contribution is 9.10. The van der Waals surface area contributed by atoms with Crippen molar-refractivity contribution in [2.75, 3.05) is 0 Å². The minimum Gasteiger partial charge on any atom is -0.103 e. The zero-order valence-corrected chi connectivity index (χ0v) is 13.6. The van der Waals surface area contributed by atoms with Crippen LogP contribution in [0.2, 0.25) is 0 Å². The molecule has 1 aromatic carbocycles. The summed E-state index contributed by atoms with van der Waals surface area (Å²) < 4.78 is 1.17. The summed E-state index contributed by atoms with van der Waals surface area (Å²) in [6.45, 7) is 3.76. The average molecular weight is 323 g/mol. The molecule has 0 radical (unpaired) electrons. The van der Waals surface area contributed by atoms with Crippen LogP contribution in [-0.2, 0) is 6.42 Å². The Labute approximate surface area is 127 Å². The highest BCUT2D eigenvalue weighted by Crippen LogP contribution is 2.14. The Morgan fingerprint density at radius 2 is 1.32 bits per heavy atom. The van der Waals surface area contributed by atoms with Crippen molar-refractivity contribution in [3.8, 4) is 0 Å². The van der Waals surface area contributed by atoms with Gasteiger partial charge in [-0.1, -0.05) is 72.7 Å². The van der Waals surface area contributed by atoms with Crippen LogP contribution in [0.4, 0.5) is 0 Å². The Bertz CT molecular complexity index is 326. The third kappa shape index (κ3) is 9.04. The van der Waals surface area contributed by atoms with Gasteiger partial charge < -0.3 is 0 Å². The van der Waals surface area contributed by atoms with Crippen molar-refractivity contribution in [2.24, 2.45) is 0 Å². The van der Waals surface area contributed by atoms with Crippen LogP contribution in [0, 0.1) is 0 Å². The summed E-state index contributed by atoms with van der Waals surface area (Å²) in [6.07, 6.45) is 15.5. The van der Waals surface area contributed by atoms with E-state index in [1.165, 1.54) is 74.2 Å². The summed E-state index contributed by atoms with van der Waals surface area (Å²) in [5.41, 5.74) is 1.47. The van der Waals surface area contributed by atoms with Gasteiger partial charge in [-0.25, -0.2) is 0 Å². The van der Waals surface area contributed by atoms with Gasteiger partial charge in [-0.3, -0.25) is 0 Å². The minimum absolute atomic E-state index is 1.17. The van der Waals surface area contributed by atoms with Gasteiger partial charge in [0, 0.05) is 4.47 Å². The Morgan fingerprint density at radius 3 is 1.89 bits per heavy atom. The fraction of sp³-hybridized carbons (Fsp3) is 0.556. The number of allylic oxidation sites excluding steroid dienone is 1. The number of rotatable bonds is 11. The molecule has 0 saturated heterocycles. The van der Waals surface area contributed by atoms with E-state index >= 15 is 0 Å². The van der Waals surface area contributed by atoms with Crippen LogP contribution < -0.4 is 0 Å². The van der Waals surface area contributed by atoms with Crippen LogP contribution >= 0.6 is 15.9 Å². The van der Waals surface area contributed by atoms with Crippen LogP contribution in [0.3, 0.4) is 0 Å². The molecule has 0 unspecified atom stereocenters. The van der Waals surface area contributed by atoms with Gasteiger partial charge in [-0.15, -0.1) is 6.58 Å². The predicted molar refractivity (Wildman–Crippen MR) is 89.6 cm³/mol. The molecule has 0 bridgehead atoms. The van der Waals surface area contributed by atoms with Gasteiger partial charge >= 0.3 is 0 Å². The number of benzene rings is 1. The molecular weight excluding hydrogens is 296 g/mol. The molecule has 19 heavy (non-hydrogen) atoms. The zero-order valence-electron chi connectivity index (χ0n) is 12.0. The van der Waals surface area contributed by atoms with Crippen LogP contribution in [0.25, 0.3) is 0 Å². The SMILES string of the molecule is C=CCCCCCCCCCCc1ccc(Br)cc1. The summed E-state index contributed by atoms with van der Waals surface area (Å²) in [7, 11) is 0. The second-order valence-electron chi connectivity index (χ2n) is 5.28. The topological polar surface area (TPSA) is 0 Å². The molecule has 0 aliphatic rings. The van der Waals surface area contributed by atoms with Gasteiger partial charge in [0.25, 0.3) is 0 Å². The first-order valence-corrected chi connectivity index (χ1v) is 8.47. The Kier molecular flexibility index (Phi) is 9.79. The maximum atomic E-state index is 3.76. The van der Waals surface area contributed by atoms with E-state index in [2.05, 4.69) is 46.8 Å². The van der Waals surface area contributed by atoms with E-state index in [1.807, 2.05) is 6.08 Å². The second kappa shape index (κ2) is 11.3. The summed E-state index contributed by atoms with van der Waals surface area (Å²) in [5.74, 6) is 0. The standard InChI is InChI=1S/C18H27Br/c1-2-3-4-5-6-7-8-9-10-11-12-17-13-15-18(19)16-14-17/h2,13-16H,1,3-12H2. The van der Waals surface area contributed by atoms with E-state index in [0.717, 1.165) is 0 Å². The summed E-state index contributed by atoms with van der Waals surface area (Å²) in [6, 6.07) is 8.73. The van der Waals surface area contributed by atoms with Gasteiger partial charge in [0.05, 0.1) is 0 Å². The molecule has 0 aliphatic heterocycles. The maximum Gasteiger partial charge on any atom is 0.0175 e. The van der Waals surface area contributed by atoms with Crippen LogP contribution in [-0.4, -0.2) is 0 Å². The van der Waals surface area contributed by atoms with Gasteiger partial charge in [0.15, 0.2) is 0 Å². The van der Waals surface area contributed by atoms with E-state index in [1.54, 1.807) is 0 Å². The molecule has 0 aliphatic carbocycles. The smallest absolute Gasteiger partial charge is 0.0175 e. The average Bonchev–Trinajstić information content (AvgIpc) is 2.43. The van der Waals surface area contributed by atoms with Crippen molar-refractivity contribution < 1.29 is 0 Å². The first kappa shape index (κ1) is 16.5. The molecule has 0 aromatic heterocycles. The number of aryl methyl sites for hydroxylation is 1. The zero-order chi connectivity index (χ0) is 13.8. The van der Waals surface area contributed by atoms with Gasteiger partial charge in [-0.2, -0.15) is 0 Å². The molecule has 0 N–H and O–H groups in total. The Morgan fingerprint density at radius 1 is 0.789 bits per heavy atom. The lowest BCUT2D eigenvalue weighted by Crippen LogP contribution is -1.86.